The zero-order valence-corrected chi connectivity index (χ0v) is 10.1. The number of ether oxygens (including phenoxy) is 1. The van der Waals surface area contributed by atoms with Crippen LogP contribution in [0.3, 0.4) is 0 Å². The number of benzene rings is 1. The fourth-order valence-electron chi connectivity index (χ4n) is 1.57. The smallest absolute Gasteiger partial charge is 0.341 e. The lowest BCUT2D eigenvalue weighted by Gasteiger charge is -2.07. The second-order valence-corrected chi connectivity index (χ2v) is 4.20. The van der Waals surface area contributed by atoms with Crippen molar-refractivity contribution in [3.8, 4) is 0 Å². The number of hydrogen-bond donors (Lipinski definition) is 2. The van der Waals surface area contributed by atoms with Crippen molar-refractivity contribution in [3.05, 3.63) is 44.6 Å². The largest absolute Gasteiger partial charge is 0.443 e. The minimum Gasteiger partial charge on any atom is -0.443 e. The molecule has 0 aliphatic rings. The molecule has 1 heterocycles. The summed E-state index contributed by atoms with van der Waals surface area (Å²) in [4.78, 5) is 39.0. The zero-order chi connectivity index (χ0) is 13.3. The van der Waals surface area contributed by atoms with Crippen LogP contribution in [-0.4, -0.2) is 21.5 Å². The van der Waals surface area contributed by atoms with Crippen LogP contribution < -0.4 is 11.2 Å². The Morgan fingerprint density at radius 2 is 2.06 bits per heavy atom. The Bertz CT molecular complexity index is 717. The summed E-state index contributed by atoms with van der Waals surface area (Å²) in [6, 6.07) is 4.45. The van der Waals surface area contributed by atoms with E-state index >= 15 is 0 Å². The molecule has 2 rings (SSSR count). The van der Waals surface area contributed by atoms with Crippen LogP contribution >= 0.6 is 11.6 Å². The molecule has 0 spiro atoms. The van der Waals surface area contributed by atoms with Crippen molar-refractivity contribution in [2.24, 2.45) is 0 Å². The molecule has 7 heteroatoms. The molecule has 94 valence electrons. The first kappa shape index (κ1) is 12.4. The summed E-state index contributed by atoms with van der Waals surface area (Å²) >= 11 is 5.55. The van der Waals surface area contributed by atoms with Crippen LogP contribution in [0.4, 0.5) is 0 Å². The summed E-state index contributed by atoms with van der Waals surface area (Å²) in [6.07, 6.45) is 0. The number of nitrogens with one attached hydrogen (secondary N) is 2. The van der Waals surface area contributed by atoms with Gasteiger partial charge in [0.25, 0.3) is 5.56 Å². The van der Waals surface area contributed by atoms with Crippen molar-refractivity contribution < 1.29 is 9.53 Å². The Morgan fingerprint density at radius 3 is 2.72 bits per heavy atom. The molecule has 0 radical (unpaired) electrons. The minimum atomic E-state index is -0.804. The molecule has 0 aliphatic heterocycles. The van der Waals surface area contributed by atoms with Crippen LogP contribution in [-0.2, 0) is 4.74 Å². The Labute approximate surface area is 106 Å². The number of H-pyrrole nitrogens is 2. The molecular formula is C11H9ClN2O4. The Balaban J connectivity index is 2.69. The molecule has 6 nitrogen and oxygen atoms in total. The van der Waals surface area contributed by atoms with Gasteiger partial charge in [0, 0.05) is 0 Å². The molecule has 1 atom stereocenters. The van der Waals surface area contributed by atoms with Crippen LogP contribution in [0, 0.1) is 0 Å². The summed E-state index contributed by atoms with van der Waals surface area (Å²) < 4.78 is 4.82. The third kappa shape index (κ3) is 2.28. The van der Waals surface area contributed by atoms with Crippen molar-refractivity contribution in [1.82, 2.24) is 9.97 Å². The third-order valence-corrected chi connectivity index (χ3v) is 2.35. The number of aromatic amines is 2. The summed E-state index contributed by atoms with van der Waals surface area (Å²) in [5, 5.41) is 0.200. The number of aromatic nitrogens is 2. The fraction of sp³-hybridized carbons (Fsp3) is 0.182. The predicted molar refractivity (Wildman–Crippen MR) is 65.9 cm³/mol. The van der Waals surface area contributed by atoms with Crippen molar-refractivity contribution in [2.75, 3.05) is 0 Å². The SMILES string of the molecule is CC(Cl)OC(=O)c1cccc2c(=O)[nH]c(=O)[nH]c12. The Kier molecular flexibility index (Phi) is 3.20. The van der Waals surface area contributed by atoms with Crippen LogP contribution in [0.15, 0.2) is 27.8 Å². The van der Waals surface area contributed by atoms with Gasteiger partial charge in [0.1, 0.15) is 0 Å². The first-order valence-corrected chi connectivity index (χ1v) is 5.53. The van der Waals surface area contributed by atoms with Crippen molar-refractivity contribution in [1.29, 1.82) is 0 Å². The van der Waals surface area contributed by atoms with E-state index in [-0.39, 0.29) is 16.5 Å². The number of esters is 1. The summed E-state index contributed by atoms with van der Waals surface area (Å²) in [5.74, 6) is -0.704. The van der Waals surface area contributed by atoms with E-state index in [1.54, 1.807) is 0 Å². The van der Waals surface area contributed by atoms with Gasteiger partial charge in [0.05, 0.1) is 16.5 Å². The van der Waals surface area contributed by atoms with Crippen molar-refractivity contribution in [3.63, 3.8) is 0 Å². The van der Waals surface area contributed by atoms with E-state index in [1.807, 2.05) is 0 Å². The van der Waals surface area contributed by atoms with E-state index in [0.29, 0.717) is 0 Å². The van der Waals surface area contributed by atoms with E-state index < -0.39 is 22.8 Å². The molecule has 0 fully saturated rings. The molecule has 1 aromatic carbocycles. The molecule has 0 amide bonds. The summed E-state index contributed by atoms with van der Waals surface area (Å²) in [7, 11) is 0. The van der Waals surface area contributed by atoms with Gasteiger partial charge in [0.2, 0.25) is 0 Å². The molecule has 2 aromatic rings. The van der Waals surface area contributed by atoms with Gasteiger partial charge < -0.3 is 9.72 Å². The number of halogens is 1. The van der Waals surface area contributed by atoms with Crippen LogP contribution in [0.1, 0.15) is 17.3 Å². The highest BCUT2D eigenvalue weighted by Gasteiger charge is 2.15. The second kappa shape index (κ2) is 4.66. The average molecular weight is 269 g/mol. The molecule has 0 aliphatic carbocycles. The van der Waals surface area contributed by atoms with Gasteiger partial charge in [-0.1, -0.05) is 17.7 Å². The number of carbonyl (C=O) groups is 1. The molecule has 2 N–H and O–H groups in total. The maximum Gasteiger partial charge on any atom is 0.341 e. The Morgan fingerprint density at radius 1 is 1.33 bits per heavy atom. The van der Waals surface area contributed by atoms with Crippen LogP contribution in [0.2, 0.25) is 0 Å². The van der Waals surface area contributed by atoms with E-state index in [0.717, 1.165) is 0 Å². The lowest BCUT2D eigenvalue weighted by atomic mass is 10.1. The van der Waals surface area contributed by atoms with Gasteiger partial charge in [-0.25, -0.2) is 9.59 Å². The fourth-order valence-corrected chi connectivity index (χ4v) is 1.65. The van der Waals surface area contributed by atoms with Crippen molar-refractivity contribution in [2.45, 2.75) is 12.5 Å². The van der Waals surface area contributed by atoms with Gasteiger partial charge in [-0.15, -0.1) is 0 Å². The van der Waals surface area contributed by atoms with E-state index in [1.165, 1.54) is 25.1 Å². The monoisotopic (exact) mass is 268 g/mol. The van der Waals surface area contributed by atoms with Gasteiger partial charge in [-0.05, 0) is 19.1 Å². The first-order chi connectivity index (χ1) is 8.49. The van der Waals surface area contributed by atoms with Gasteiger partial charge in [-0.3, -0.25) is 9.78 Å². The predicted octanol–water partition coefficient (Wildman–Crippen LogP) is 0.958. The van der Waals surface area contributed by atoms with Gasteiger partial charge in [0.15, 0.2) is 5.56 Å². The number of hydrogen-bond acceptors (Lipinski definition) is 4. The maximum atomic E-state index is 11.8. The van der Waals surface area contributed by atoms with Crippen molar-refractivity contribution >= 4 is 28.5 Å². The Hall–Kier alpha value is -2.08. The van der Waals surface area contributed by atoms with E-state index in [2.05, 4.69) is 9.97 Å². The third-order valence-electron chi connectivity index (χ3n) is 2.26. The van der Waals surface area contributed by atoms with Crippen LogP contribution in [0.5, 0.6) is 0 Å². The lowest BCUT2D eigenvalue weighted by Crippen LogP contribution is -2.23. The topological polar surface area (TPSA) is 92.0 Å². The maximum absolute atomic E-state index is 11.8. The number of alkyl halides is 1. The lowest BCUT2D eigenvalue weighted by molar-refractivity contribution is 0.0474. The highest BCUT2D eigenvalue weighted by Crippen LogP contribution is 2.14. The second-order valence-electron chi connectivity index (χ2n) is 3.58. The first-order valence-electron chi connectivity index (χ1n) is 5.09. The van der Waals surface area contributed by atoms with E-state index in [4.69, 9.17) is 16.3 Å². The highest BCUT2D eigenvalue weighted by molar-refractivity contribution is 6.20. The minimum absolute atomic E-state index is 0.0863. The quantitative estimate of drug-likeness (QED) is 0.627. The molecule has 1 aromatic heterocycles. The molecule has 18 heavy (non-hydrogen) atoms. The molecule has 0 bridgehead atoms. The highest BCUT2D eigenvalue weighted by atomic mass is 35.5. The number of rotatable bonds is 2. The normalized spacial score (nSPS) is 12.3. The number of para-hydroxylation sites is 1. The van der Waals surface area contributed by atoms with E-state index in [9.17, 15) is 14.4 Å². The molecule has 1 unspecified atom stereocenters. The van der Waals surface area contributed by atoms with Gasteiger partial charge >= 0.3 is 11.7 Å². The molecular weight excluding hydrogens is 260 g/mol. The average Bonchev–Trinajstić information content (AvgIpc) is 2.27. The summed E-state index contributed by atoms with van der Waals surface area (Å²) in [5.41, 5.74) is -1.84. The molecule has 0 saturated heterocycles. The zero-order valence-electron chi connectivity index (χ0n) is 9.32. The standard InChI is InChI=1S/C11H9ClN2O4/c1-5(12)18-10(16)7-4-2-3-6-8(7)13-11(17)14-9(6)15/h2-5H,1H3,(H2,13,14,15,17). The summed E-state index contributed by atoms with van der Waals surface area (Å²) in [6.45, 7) is 1.49. The molecule has 0 saturated carbocycles. The number of fused-ring (bicyclic) bond motifs is 1. The number of carbonyl (C=O) groups excluding carboxylic acids is 1. The van der Waals surface area contributed by atoms with Gasteiger partial charge in [-0.2, -0.15) is 0 Å². The van der Waals surface area contributed by atoms with Crippen LogP contribution in [0.25, 0.3) is 10.9 Å².